The summed E-state index contributed by atoms with van der Waals surface area (Å²) in [5, 5.41) is 11.6. The average Bonchev–Trinajstić information content (AvgIpc) is 2.37. The Balaban J connectivity index is 2.73. The van der Waals surface area contributed by atoms with Crippen LogP contribution in [0.4, 0.5) is 4.79 Å². The van der Waals surface area contributed by atoms with Gasteiger partial charge in [-0.25, -0.2) is 4.79 Å². The summed E-state index contributed by atoms with van der Waals surface area (Å²) in [4.78, 5) is 11.9. The molecule has 0 fully saturated rings. The summed E-state index contributed by atoms with van der Waals surface area (Å²) in [5.74, 6) is 0. The summed E-state index contributed by atoms with van der Waals surface area (Å²) in [5.41, 5.74) is 0.479. The van der Waals surface area contributed by atoms with Gasteiger partial charge in [-0.2, -0.15) is 0 Å². The molecule has 0 saturated carbocycles. The molecule has 0 bridgehead atoms. The molecule has 1 rings (SSSR count). The molecule has 2 N–H and O–H groups in total. The third-order valence-electron chi connectivity index (χ3n) is 2.54. The molecule has 0 saturated heterocycles. The number of aliphatic hydroxyl groups excluding tert-OH is 1. The van der Waals surface area contributed by atoms with Gasteiger partial charge in [0.1, 0.15) is 5.60 Å². The van der Waals surface area contributed by atoms with E-state index in [1.54, 1.807) is 6.08 Å². The number of rotatable bonds is 5. The molecule has 0 aliphatic heterocycles. The number of hydrogen-bond donors (Lipinski definition) is 2. The molecule has 0 aliphatic rings. The molecule has 4 nitrogen and oxygen atoms in total. The van der Waals surface area contributed by atoms with E-state index in [-0.39, 0.29) is 12.6 Å². The summed E-state index contributed by atoms with van der Waals surface area (Å²) in [7, 11) is 0. The van der Waals surface area contributed by atoms with Crippen molar-refractivity contribution in [1.82, 2.24) is 5.32 Å². The molecule has 1 atom stereocenters. The van der Waals surface area contributed by atoms with Crippen LogP contribution in [-0.2, 0) is 4.74 Å². The Labute approximate surface area is 120 Å². The Hall–Kier alpha value is -1.81. The number of carbonyl (C=O) groups excluding carboxylic acids is 1. The zero-order valence-corrected chi connectivity index (χ0v) is 12.3. The van der Waals surface area contributed by atoms with Crippen LogP contribution in [0.25, 0.3) is 0 Å². The molecule has 0 radical (unpaired) electrons. The van der Waals surface area contributed by atoms with Gasteiger partial charge in [0, 0.05) is 0 Å². The Bertz CT molecular complexity index is 435. The van der Waals surface area contributed by atoms with Crippen molar-refractivity contribution in [2.75, 3.05) is 6.61 Å². The van der Waals surface area contributed by atoms with Crippen molar-refractivity contribution in [2.45, 2.75) is 38.8 Å². The van der Waals surface area contributed by atoms with Gasteiger partial charge >= 0.3 is 6.09 Å². The van der Waals surface area contributed by atoms with Crippen LogP contribution in [0.5, 0.6) is 0 Å². The van der Waals surface area contributed by atoms with E-state index in [1.165, 1.54) is 0 Å². The van der Waals surface area contributed by atoms with Gasteiger partial charge in [0.2, 0.25) is 0 Å². The highest BCUT2D eigenvalue weighted by Crippen LogP contribution is 2.18. The summed E-state index contributed by atoms with van der Waals surface area (Å²) >= 11 is 0. The standard InChI is InChI=1S/C16H23NO3/c1-16(2,3)20-15(19)17-14(11-7-8-12-18)13-9-5-4-6-10-13/h4-10,14,18H,11-12H2,1-3H3,(H,17,19)/b8-7+/t14-/m1/s1. The number of amides is 1. The maximum absolute atomic E-state index is 11.9. The highest BCUT2D eigenvalue weighted by molar-refractivity contribution is 5.68. The van der Waals surface area contributed by atoms with E-state index in [2.05, 4.69) is 5.32 Å². The third kappa shape index (κ3) is 6.38. The number of carbonyl (C=O) groups is 1. The van der Waals surface area contributed by atoms with Crippen molar-refractivity contribution in [1.29, 1.82) is 0 Å². The van der Waals surface area contributed by atoms with Crippen LogP contribution in [0, 0.1) is 0 Å². The fourth-order valence-electron chi connectivity index (χ4n) is 1.72. The normalized spacial score (nSPS) is 13.2. The predicted molar refractivity (Wildman–Crippen MR) is 79.4 cm³/mol. The van der Waals surface area contributed by atoms with E-state index in [0.717, 1.165) is 5.56 Å². The molecule has 0 unspecified atom stereocenters. The van der Waals surface area contributed by atoms with Gasteiger partial charge in [-0.1, -0.05) is 42.5 Å². The number of aliphatic hydroxyl groups is 1. The maximum Gasteiger partial charge on any atom is 0.408 e. The number of benzene rings is 1. The van der Waals surface area contributed by atoms with Crippen LogP contribution < -0.4 is 5.32 Å². The lowest BCUT2D eigenvalue weighted by molar-refractivity contribution is 0.0504. The van der Waals surface area contributed by atoms with E-state index in [1.807, 2.05) is 57.2 Å². The molecule has 1 aromatic carbocycles. The van der Waals surface area contributed by atoms with Crippen molar-refractivity contribution < 1.29 is 14.6 Å². The van der Waals surface area contributed by atoms with Crippen molar-refractivity contribution in [3.8, 4) is 0 Å². The van der Waals surface area contributed by atoms with Gasteiger partial charge in [0.15, 0.2) is 0 Å². The topological polar surface area (TPSA) is 58.6 Å². The first-order chi connectivity index (χ1) is 9.42. The fraction of sp³-hybridized carbons (Fsp3) is 0.438. The van der Waals surface area contributed by atoms with E-state index in [9.17, 15) is 4.79 Å². The lowest BCUT2D eigenvalue weighted by Crippen LogP contribution is -2.34. The number of hydrogen-bond acceptors (Lipinski definition) is 3. The maximum atomic E-state index is 11.9. The highest BCUT2D eigenvalue weighted by atomic mass is 16.6. The minimum atomic E-state index is -0.522. The van der Waals surface area contributed by atoms with Gasteiger partial charge in [-0.3, -0.25) is 0 Å². The second kappa shape index (κ2) is 7.70. The fourth-order valence-corrected chi connectivity index (χ4v) is 1.72. The summed E-state index contributed by atoms with van der Waals surface area (Å²) in [6.45, 7) is 5.48. The molecule has 110 valence electrons. The van der Waals surface area contributed by atoms with Crippen molar-refractivity contribution in [2.24, 2.45) is 0 Å². The molecule has 0 aliphatic carbocycles. The molecule has 1 amide bonds. The van der Waals surface area contributed by atoms with Gasteiger partial charge in [0.25, 0.3) is 0 Å². The Kier molecular flexibility index (Phi) is 6.25. The largest absolute Gasteiger partial charge is 0.444 e. The van der Waals surface area contributed by atoms with Gasteiger partial charge in [-0.05, 0) is 32.8 Å². The first kappa shape index (κ1) is 16.2. The smallest absolute Gasteiger partial charge is 0.408 e. The molecule has 20 heavy (non-hydrogen) atoms. The zero-order valence-electron chi connectivity index (χ0n) is 12.3. The van der Waals surface area contributed by atoms with Crippen LogP contribution in [0.15, 0.2) is 42.5 Å². The number of alkyl carbamates (subject to hydrolysis) is 1. The van der Waals surface area contributed by atoms with E-state index < -0.39 is 11.7 Å². The number of nitrogens with one attached hydrogen (secondary N) is 1. The van der Waals surface area contributed by atoms with Crippen LogP contribution in [-0.4, -0.2) is 23.4 Å². The molecule has 0 aromatic heterocycles. The zero-order chi connectivity index (χ0) is 15.0. The Morgan fingerprint density at radius 1 is 1.30 bits per heavy atom. The van der Waals surface area contributed by atoms with E-state index >= 15 is 0 Å². The average molecular weight is 277 g/mol. The van der Waals surface area contributed by atoms with Crippen molar-refractivity contribution in [3.05, 3.63) is 48.0 Å². The van der Waals surface area contributed by atoms with Crippen LogP contribution in [0.3, 0.4) is 0 Å². The first-order valence-corrected chi connectivity index (χ1v) is 6.72. The second-order valence-corrected chi connectivity index (χ2v) is 5.50. The summed E-state index contributed by atoms with van der Waals surface area (Å²) in [6, 6.07) is 9.51. The summed E-state index contributed by atoms with van der Waals surface area (Å²) in [6.07, 6.45) is 3.66. The molecule has 0 heterocycles. The Morgan fingerprint density at radius 3 is 2.50 bits per heavy atom. The third-order valence-corrected chi connectivity index (χ3v) is 2.54. The van der Waals surface area contributed by atoms with Gasteiger partial charge in [0.05, 0.1) is 12.6 Å². The minimum Gasteiger partial charge on any atom is -0.444 e. The second-order valence-electron chi connectivity index (χ2n) is 5.50. The summed E-state index contributed by atoms with van der Waals surface area (Å²) < 4.78 is 5.27. The molecule has 0 spiro atoms. The van der Waals surface area contributed by atoms with Crippen LogP contribution in [0.2, 0.25) is 0 Å². The number of ether oxygens (including phenoxy) is 1. The molecule has 1 aromatic rings. The Morgan fingerprint density at radius 2 is 1.95 bits per heavy atom. The van der Waals surface area contributed by atoms with E-state index in [0.29, 0.717) is 6.42 Å². The highest BCUT2D eigenvalue weighted by Gasteiger charge is 2.19. The first-order valence-electron chi connectivity index (χ1n) is 6.72. The molecular weight excluding hydrogens is 254 g/mol. The van der Waals surface area contributed by atoms with Crippen LogP contribution >= 0.6 is 0 Å². The minimum absolute atomic E-state index is 0.00600. The molecule has 4 heteroatoms. The van der Waals surface area contributed by atoms with Crippen molar-refractivity contribution >= 4 is 6.09 Å². The SMILES string of the molecule is CC(C)(C)OC(=O)N[C@H](C/C=C/CO)c1ccccc1. The van der Waals surface area contributed by atoms with E-state index in [4.69, 9.17) is 9.84 Å². The van der Waals surface area contributed by atoms with Gasteiger partial charge < -0.3 is 15.2 Å². The van der Waals surface area contributed by atoms with Gasteiger partial charge in [-0.15, -0.1) is 0 Å². The quantitative estimate of drug-likeness (QED) is 0.813. The predicted octanol–water partition coefficient (Wildman–Crippen LogP) is 3.19. The monoisotopic (exact) mass is 277 g/mol. The van der Waals surface area contributed by atoms with Crippen LogP contribution in [0.1, 0.15) is 38.8 Å². The van der Waals surface area contributed by atoms with Crippen molar-refractivity contribution in [3.63, 3.8) is 0 Å². The lowest BCUT2D eigenvalue weighted by atomic mass is 10.0. The molecular formula is C16H23NO3. The lowest BCUT2D eigenvalue weighted by Gasteiger charge is -2.23.